The van der Waals surface area contributed by atoms with Gasteiger partial charge >= 0.3 is 5.97 Å². The molecular weight excluding hydrogens is 220 g/mol. The topological polar surface area (TPSA) is 55.8 Å². The number of phenolic OH excluding ortho intramolecular Hbond substituents is 1. The zero-order valence-electron chi connectivity index (χ0n) is 9.14. The number of rotatable bonds is 1. The fraction of sp³-hybridized carbons (Fsp3) is 0.154. The normalized spacial score (nSPS) is 19.4. The minimum Gasteiger partial charge on any atom is -0.504 e. The van der Waals surface area contributed by atoms with E-state index in [4.69, 9.17) is 9.47 Å². The molecule has 1 unspecified atom stereocenters. The minimum absolute atomic E-state index is 0.0593. The summed E-state index contributed by atoms with van der Waals surface area (Å²) in [7, 11) is 0. The van der Waals surface area contributed by atoms with Crippen molar-refractivity contribution < 1.29 is 19.4 Å². The van der Waals surface area contributed by atoms with Crippen LogP contribution in [0.3, 0.4) is 0 Å². The Hall–Kier alpha value is -2.23. The molecule has 4 heteroatoms. The van der Waals surface area contributed by atoms with E-state index >= 15 is 0 Å². The van der Waals surface area contributed by atoms with Crippen molar-refractivity contribution in [2.45, 2.75) is 13.0 Å². The van der Waals surface area contributed by atoms with Crippen LogP contribution in [-0.2, 0) is 4.79 Å². The van der Waals surface area contributed by atoms with Gasteiger partial charge in [0.25, 0.3) is 0 Å². The number of phenols is 1. The van der Waals surface area contributed by atoms with Crippen LogP contribution in [-0.4, -0.2) is 17.2 Å². The highest BCUT2D eigenvalue weighted by Gasteiger charge is 2.33. The molecule has 0 spiro atoms. The van der Waals surface area contributed by atoms with Crippen LogP contribution in [0.25, 0.3) is 5.57 Å². The summed E-state index contributed by atoms with van der Waals surface area (Å²) in [5, 5.41) is 9.76. The van der Waals surface area contributed by atoms with E-state index in [1.807, 2.05) is 18.2 Å². The predicted octanol–water partition coefficient (Wildman–Crippen LogP) is 2.03. The molecule has 1 aromatic rings. The van der Waals surface area contributed by atoms with Crippen molar-refractivity contribution in [3.05, 3.63) is 35.9 Å². The number of hydrogen-bond acceptors (Lipinski definition) is 4. The van der Waals surface area contributed by atoms with Crippen LogP contribution in [0.5, 0.6) is 17.2 Å². The Morgan fingerprint density at radius 1 is 1.47 bits per heavy atom. The largest absolute Gasteiger partial charge is 0.504 e. The van der Waals surface area contributed by atoms with Crippen molar-refractivity contribution in [3.63, 3.8) is 0 Å². The van der Waals surface area contributed by atoms with Crippen molar-refractivity contribution in [2.75, 3.05) is 0 Å². The Morgan fingerprint density at radius 3 is 3.06 bits per heavy atom. The Kier molecular flexibility index (Phi) is 1.98. The van der Waals surface area contributed by atoms with Gasteiger partial charge in [-0.05, 0) is 18.2 Å². The van der Waals surface area contributed by atoms with Crippen LogP contribution in [0, 0.1) is 0 Å². The molecule has 1 aromatic carbocycles. The number of fused-ring (bicyclic) bond motifs is 3. The highest BCUT2D eigenvalue weighted by Crippen LogP contribution is 2.49. The van der Waals surface area contributed by atoms with E-state index in [0.29, 0.717) is 11.3 Å². The molecule has 0 saturated heterocycles. The molecule has 0 fully saturated rings. The van der Waals surface area contributed by atoms with Gasteiger partial charge in [0.15, 0.2) is 11.5 Å². The molecule has 1 heterocycles. The smallest absolute Gasteiger partial charge is 0.308 e. The summed E-state index contributed by atoms with van der Waals surface area (Å²) in [6, 6.07) is 3.13. The molecule has 1 atom stereocenters. The Balaban J connectivity index is 2.17. The quantitative estimate of drug-likeness (QED) is 0.592. The second-order valence-electron chi connectivity index (χ2n) is 3.93. The van der Waals surface area contributed by atoms with Crippen molar-refractivity contribution in [2.24, 2.45) is 0 Å². The third-order valence-electron chi connectivity index (χ3n) is 2.76. The first-order chi connectivity index (χ1) is 8.16. The molecule has 2 aliphatic rings. The van der Waals surface area contributed by atoms with Gasteiger partial charge in [-0.25, -0.2) is 0 Å². The Bertz CT molecular complexity index is 569. The molecule has 1 N–H and O–H groups in total. The Morgan fingerprint density at radius 2 is 2.29 bits per heavy atom. The lowest BCUT2D eigenvalue weighted by Crippen LogP contribution is -2.05. The van der Waals surface area contributed by atoms with Gasteiger partial charge in [-0.15, -0.1) is 0 Å². The zero-order chi connectivity index (χ0) is 12.0. The number of benzene rings is 1. The number of ether oxygens (including phenoxy) is 2. The first-order valence-electron chi connectivity index (χ1n) is 5.26. The first kappa shape index (κ1) is 9.96. The maximum absolute atomic E-state index is 11.0. The highest BCUT2D eigenvalue weighted by atomic mass is 16.5. The van der Waals surface area contributed by atoms with E-state index in [9.17, 15) is 9.90 Å². The lowest BCUT2D eigenvalue weighted by atomic mass is 10.0. The van der Waals surface area contributed by atoms with Gasteiger partial charge in [0.1, 0.15) is 11.9 Å². The van der Waals surface area contributed by atoms with E-state index in [0.717, 1.165) is 5.57 Å². The average molecular weight is 230 g/mol. The van der Waals surface area contributed by atoms with E-state index in [-0.39, 0.29) is 17.6 Å². The van der Waals surface area contributed by atoms with Crippen molar-refractivity contribution in [1.82, 2.24) is 0 Å². The lowest BCUT2D eigenvalue weighted by Gasteiger charge is -2.08. The van der Waals surface area contributed by atoms with Crippen LogP contribution in [0.15, 0.2) is 30.4 Å². The first-order valence-corrected chi connectivity index (χ1v) is 5.26. The zero-order valence-corrected chi connectivity index (χ0v) is 9.14. The molecule has 0 bridgehead atoms. The fourth-order valence-electron chi connectivity index (χ4n) is 2.10. The Labute approximate surface area is 97.8 Å². The maximum Gasteiger partial charge on any atom is 0.308 e. The minimum atomic E-state index is -0.469. The summed E-state index contributed by atoms with van der Waals surface area (Å²) in [5.74, 6) is 0.270. The SMILES string of the molecule is CC(=O)Oc1c(O)ccc2c1C1=CC=CC1O2. The second kappa shape index (κ2) is 3.38. The highest BCUT2D eigenvalue weighted by molar-refractivity contribution is 5.88. The van der Waals surface area contributed by atoms with Gasteiger partial charge in [-0.1, -0.05) is 12.2 Å². The number of aromatic hydroxyl groups is 1. The monoisotopic (exact) mass is 230 g/mol. The molecule has 1 aliphatic heterocycles. The number of carbonyl (C=O) groups is 1. The van der Waals surface area contributed by atoms with Crippen molar-refractivity contribution >= 4 is 11.5 Å². The van der Waals surface area contributed by atoms with Crippen LogP contribution >= 0.6 is 0 Å². The fourth-order valence-corrected chi connectivity index (χ4v) is 2.10. The number of carbonyl (C=O) groups excluding carboxylic acids is 1. The summed E-state index contributed by atoms with van der Waals surface area (Å²) in [4.78, 5) is 11.0. The molecule has 0 aromatic heterocycles. The maximum atomic E-state index is 11.0. The average Bonchev–Trinajstić information content (AvgIpc) is 2.81. The van der Waals surface area contributed by atoms with Gasteiger partial charge in [0, 0.05) is 12.5 Å². The van der Waals surface area contributed by atoms with Gasteiger partial charge in [0.2, 0.25) is 0 Å². The van der Waals surface area contributed by atoms with Crippen LogP contribution in [0.4, 0.5) is 0 Å². The van der Waals surface area contributed by atoms with Crippen LogP contribution < -0.4 is 9.47 Å². The lowest BCUT2D eigenvalue weighted by molar-refractivity contribution is -0.132. The molecular formula is C13H10O4. The second-order valence-corrected chi connectivity index (χ2v) is 3.93. The number of esters is 1. The third-order valence-corrected chi connectivity index (χ3v) is 2.76. The summed E-state index contributed by atoms with van der Waals surface area (Å²) in [6.07, 6.45) is 5.54. The molecule has 1 aliphatic carbocycles. The third kappa shape index (κ3) is 1.41. The molecule has 4 nitrogen and oxygen atoms in total. The summed E-state index contributed by atoms with van der Waals surface area (Å²) in [5.41, 5.74) is 1.57. The summed E-state index contributed by atoms with van der Waals surface area (Å²) in [6.45, 7) is 1.30. The number of allylic oxidation sites excluding steroid dienone is 2. The number of hydrogen-bond donors (Lipinski definition) is 1. The summed E-state index contributed by atoms with van der Waals surface area (Å²) >= 11 is 0. The van der Waals surface area contributed by atoms with Crippen molar-refractivity contribution in [3.8, 4) is 17.2 Å². The van der Waals surface area contributed by atoms with E-state index in [1.54, 1.807) is 6.07 Å². The van der Waals surface area contributed by atoms with Gasteiger partial charge in [-0.3, -0.25) is 4.79 Å². The van der Waals surface area contributed by atoms with Crippen molar-refractivity contribution in [1.29, 1.82) is 0 Å². The molecule has 0 saturated carbocycles. The van der Waals surface area contributed by atoms with Crippen LogP contribution in [0.1, 0.15) is 12.5 Å². The standard InChI is InChI=1S/C13H10O4/c1-7(14)16-13-9(15)5-6-11-12(13)8-3-2-4-10(8)17-11/h2-6,10,15H,1H3. The van der Waals surface area contributed by atoms with E-state index in [1.165, 1.54) is 13.0 Å². The summed E-state index contributed by atoms with van der Waals surface area (Å²) < 4.78 is 10.7. The molecule has 0 amide bonds. The molecule has 17 heavy (non-hydrogen) atoms. The van der Waals surface area contributed by atoms with Gasteiger partial charge in [0.05, 0.1) is 5.56 Å². The van der Waals surface area contributed by atoms with Gasteiger partial charge < -0.3 is 14.6 Å². The predicted molar refractivity (Wildman–Crippen MR) is 60.9 cm³/mol. The van der Waals surface area contributed by atoms with E-state index < -0.39 is 5.97 Å². The molecule has 0 radical (unpaired) electrons. The van der Waals surface area contributed by atoms with E-state index in [2.05, 4.69) is 0 Å². The van der Waals surface area contributed by atoms with Crippen LogP contribution in [0.2, 0.25) is 0 Å². The molecule has 3 rings (SSSR count). The molecule has 86 valence electrons. The van der Waals surface area contributed by atoms with Gasteiger partial charge in [-0.2, -0.15) is 0 Å².